The summed E-state index contributed by atoms with van der Waals surface area (Å²) in [5.74, 6) is -1.38. The summed E-state index contributed by atoms with van der Waals surface area (Å²) < 4.78 is 14.5. The van der Waals surface area contributed by atoms with Gasteiger partial charge < -0.3 is 10.0 Å². The molecule has 1 N–H and O–H groups in total. The predicted octanol–water partition coefficient (Wildman–Crippen LogP) is 4.33. The Balaban J connectivity index is 2.30. The van der Waals surface area contributed by atoms with Crippen molar-refractivity contribution >= 4 is 39.2 Å². The average Bonchev–Trinajstić information content (AvgIpc) is 2.40. The highest BCUT2D eigenvalue weighted by atomic mass is 79.9. The number of nitrogens with zero attached hydrogens (tertiary/aromatic N) is 1. The fraction of sp³-hybridized carbons (Fsp3) is 0.133. The second-order valence-electron chi connectivity index (χ2n) is 4.47. The van der Waals surface area contributed by atoms with Gasteiger partial charge in [-0.2, -0.15) is 0 Å². The van der Waals surface area contributed by atoms with Crippen molar-refractivity contribution in [3.63, 3.8) is 0 Å². The van der Waals surface area contributed by atoms with Gasteiger partial charge in [-0.3, -0.25) is 4.79 Å². The lowest BCUT2D eigenvalue weighted by Crippen LogP contribution is -2.29. The van der Waals surface area contributed by atoms with Crippen LogP contribution in [0.25, 0.3) is 0 Å². The Morgan fingerprint density at radius 2 is 2.05 bits per heavy atom. The highest BCUT2D eigenvalue weighted by molar-refractivity contribution is 9.10. The largest absolute Gasteiger partial charge is 0.480 e. The molecule has 0 bridgehead atoms. The summed E-state index contributed by atoms with van der Waals surface area (Å²) >= 11 is 9.12. The Kier molecular flexibility index (Phi) is 5.20. The van der Waals surface area contributed by atoms with E-state index in [9.17, 15) is 9.18 Å². The molecule has 0 aliphatic carbocycles. The summed E-state index contributed by atoms with van der Waals surface area (Å²) in [6.07, 6.45) is 0. The first-order valence-electron chi connectivity index (χ1n) is 6.12. The Morgan fingerprint density at radius 1 is 1.29 bits per heavy atom. The lowest BCUT2D eigenvalue weighted by atomic mass is 10.2. The molecule has 0 atom stereocenters. The van der Waals surface area contributed by atoms with Crippen LogP contribution in [0.5, 0.6) is 0 Å². The van der Waals surface area contributed by atoms with Gasteiger partial charge in [-0.15, -0.1) is 0 Å². The fourth-order valence-corrected chi connectivity index (χ4v) is 2.45. The second kappa shape index (κ2) is 6.91. The molecule has 0 amide bonds. The van der Waals surface area contributed by atoms with Crippen molar-refractivity contribution in [2.75, 3.05) is 11.4 Å². The molecule has 0 aromatic heterocycles. The normalized spacial score (nSPS) is 10.4. The van der Waals surface area contributed by atoms with Gasteiger partial charge in [0.25, 0.3) is 0 Å². The summed E-state index contributed by atoms with van der Waals surface area (Å²) in [5, 5.41) is 9.53. The minimum atomic E-state index is -0.993. The topological polar surface area (TPSA) is 40.5 Å². The molecule has 0 radical (unpaired) electrons. The smallest absolute Gasteiger partial charge is 0.323 e. The van der Waals surface area contributed by atoms with Crippen LogP contribution in [0, 0.1) is 5.82 Å². The molecule has 0 spiro atoms. The minimum absolute atomic E-state index is 0.145. The van der Waals surface area contributed by atoms with Crippen molar-refractivity contribution in [2.45, 2.75) is 6.54 Å². The molecule has 0 saturated carbocycles. The number of carboxylic acid groups (broad SMARTS) is 1. The Morgan fingerprint density at radius 3 is 2.67 bits per heavy atom. The maximum atomic E-state index is 13.9. The van der Waals surface area contributed by atoms with Gasteiger partial charge in [-0.25, -0.2) is 4.39 Å². The van der Waals surface area contributed by atoms with E-state index in [2.05, 4.69) is 15.9 Å². The first-order chi connectivity index (χ1) is 9.95. The molecular weight excluding hydrogens is 361 g/mol. The van der Waals surface area contributed by atoms with Crippen molar-refractivity contribution < 1.29 is 14.3 Å². The number of rotatable bonds is 5. The SMILES string of the molecule is O=C(O)CN(Cc1ccc(Br)cc1F)c1cccc(Cl)c1. The predicted molar refractivity (Wildman–Crippen MR) is 84.2 cm³/mol. The van der Waals surface area contributed by atoms with Crippen LogP contribution < -0.4 is 4.90 Å². The standard InChI is InChI=1S/C15H12BrClFNO2/c16-11-5-4-10(14(18)6-11)8-19(9-15(20)21)13-3-1-2-12(17)7-13/h1-7H,8-9H2,(H,20,21). The van der Waals surface area contributed by atoms with Gasteiger partial charge in [0.2, 0.25) is 0 Å². The van der Waals surface area contributed by atoms with Crippen molar-refractivity contribution in [3.05, 3.63) is 63.3 Å². The third kappa shape index (κ3) is 4.44. The molecule has 21 heavy (non-hydrogen) atoms. The van der Waals surface area contributed by atoms with Gasteiger partial charge in [-0.1, -0.05) is 39.7 Å². The monoisotopic (exact) mass is 371 g/mol. The number of carboxylic acids is 1. The van der Waals surface area contributed by atoms with Crippen molar-refractivity contribution in [1.29, 1.82) is 0 Å². The molecule has 0 fully saturated rings. The molecule has 0 heterocycles. The highest BCUT2D eigenvalue weighted by Crippen LogP contribution is 2.23. The van der Waals surface area contributed by atoms with Crippen molar-refractivity contribution in [3.8, 4) is 0 Å². The van der Waals surface area contributed by atoms with Gasteiger partial charge in [-0.05, 0) is 30.3 Å². The third-order valence-corrected chi connectivity index (χ3v) is 3.60. The number of halogens is 3. The third-order valence-electron chi connectivity index (χ3n) is 2.88. The van der Waals surface area contributed by atoms with Gasteiger partial charge in [0.15, 0.2) is 0 Å². The molecule has 2 aromatic carbocycles. The van der Waals surface area contributed by atoms with Gasteiger partial charge in [0, 0.05) is 27.3 Å². The number of anilines is 1. The van der Waals surface area contributed by atoms with E-state index in [1.54, 1.807) is 41.3 Å². The number of carbonyl (C=O) groups is 1. The maximum absolute atomic E-state index is 13.9. The van der Waals surface area contributed by atoms with Crippen LogP contribution in [-0.2, 0) is 11.3 Å². The molecule has 0 aliphatic rings. The summed E-state index contributed by atoms with van der Waals surface area (Å²) in [6, 6.07) is 11.5. The van der Waals surface area contributed by atoms with Crippen LogP contribution >= 0.6 is 27.5 Å². The van der Waals surface area contributed by atoms with Crippen LogP contribution in [0.15, 0.2) is 46.9 Å². The summed E-state index contributed by atoms with van der Waals surface area (Å²) in [5.41, 5.74) is 1.05. The zero-order valence-corrected chi connectivity index (χ0v) is 13.2. The van der Waals surface area contributed by atoms with E-state index < -0.39 is 5.97 Å². The molecule has 0 aliphatic heterocycles. The maximum Gasteiger partial charge on any atom is 0.323 e. The lowest BCUT2D eigenvalue weighted by Gasteiger charge is -2.23. The molecule has 110 valence electrons. The van der Waals surface area contributed by atoms with Crippen LogP contribution in [0.4, 0.5) is 10.1 Å². The highest BCUT2D eigenvalue weighted by Gasteiger charge is 2.14. The first kappa shape index (κ1) is 15.8. The van der Waals surface area contributed by atoms with Gasteiger partial charge in [0.1, 0.15) is 12.4 Å². The minimum Gasteiger partial charge on any atom is -0.480 e. The van der Waals surface area contributed by atoms with E-state index in [0.717, 1.165) is 0 Å². The second-order valence-corrected chi connectivity index (χ2v) is 5.82. The molecule has 0 unspecified atom stereocenters. The van der Waals surface area contributed by atoms with Gasteiger partial charge >= 0.3 is 5.97 Å². The van der Waals surface area contributed by atoms with E-state index in [-0.39, 0.29) is 18.9 Å². The van der Waals surface area contributed by atoms with Crippen molar-refractivity contribution in [2.24, 2.45) is 0 Å². The first-order valence-corrected chi connectivity index (χ1v) is 7.29. The molecule has 0 saturated heterocycles. The number of benzene rings is 2. The molecule has 2 rings (SSSR count). The van der Waals surface area contributed by atoms with E-state index in [0.29, 0.717) is 20.7 Å². The molecule has 3 nitrogen and oxygen atoms in total. The number of aliphatic carboxylic acids is 1. The van der Waals surface area contributed by atoms with Crippen molar-refractivity contribution in [1.82, 2.24) is 0 Å². The zero-order valence-electron chi connectivity index (χ0n) is 10.9. The molecule has 2 aromatic rings. The van der Waals surface area contributed by atoms with Crippen LogP contribution in [-0.4, -0.2) is 17.6 Å². The van der Waals surface area contributed by atoms with E-state index >= 15 is 0 Å². The van der Waals surface area contributed by atoms with E-state index in [1.807, 2.05) is 0 Å². The number of hydrogen-bond acceptors (Lipinski definition) is 2. The molecule has 6 heteroatoms. The summed E-state index contributed by atoms with van der Waals surface area (Å²) in [4.78, 5) is 12.6. The van der Waals surface area contributed by atoms with E-state index in [4.69, 9.17) is 16.7 Å². The van der Waals surface area contributed by atoms with E-state index in [1.165, 1.54) is 6.07 Å². The quantitative estimate of drug-likeness (QED) is 0.849. The van der Waals surface area contributed by atoms with Crippen LogP contribution in [0.3, 0.4) is 0 Å². The molecular formula is C15H12BrClFNO2. The average molecular weight is 373 g/mol. The Hall–Kier alpha value is -1.59. The van der Waals surface area contributed by atoms with Crippen LogP contribution in [0.2, 0.25) is 5.02 Å². The zero-order chi connectivity index (χ0) is 15.4. The summed E-state index contributed by atoms with van der Waals surface area (Å²) in [6.45, 7) is -0.0956. The summed E-state index contributed by atoms with van der Waals surface area (Å²) in [7, 11) is 0. The fourth-order valence-electron chi connectivity index (χ4n) is 1.93. The number of hydrogen-bond donors (Lipinski definition) is 1. The lowest BCUT2D eigenvalue weighted by molar-refractivity contribution is -0.135. The van der Waals surface area contributed by atoms with Gasteiger partial charge in [0.05, 0.1) is 0 Å². The van der Waals surface area contributed by atoms with Crippen LogP contribution in [0.1, 0.15) is 5.56 Å². The Bertz CT molecular complexity index is 666. The Labute approximate surface area is 135 Å².